The molecule has 2 heterocycles. The van der Waals surface area contributed by atoms with Crippen LogP contribution in [0.1, 0.15) is 29.6 Å². The summed E-state index contributed by atoms with van der Waals surface area (Å²) in [6.07, 6.45) is 3.12. The summed E-state index contributed by atoms with van der Waals surface area (Å²) in [5.74, 6) is 1.06. The van der Waals surface area contributed by atoms with Crippen LogP contribution in [0.4, 0.5) is 10.5 Å². The molecule has 0 bridgehead atoms. The third-order valence-electron chi connectivity index (χ3n) is 5.68. The van der Waals surface area contributed by atoms with Crippen molar-refractivity contribution >= 4 is 17.6 Å². The van der Waals surface area contributed by atoms with E-state index in [0.29, 0.717) is 30.5 Å². The highest BCUT2D eigenvalue weighted by Gasteiger charge is 2.42. The normalized spacial score (nSPS) is 29.5. The molecule has 4 rings (SSSR count). The predicted molar refractivity (Wildman–Crippen MR) is 91.9 cm³/mol. The average molecular weight is 328 g/mol. The molecule has 6 nitrogen and oxygen atoms in total. The van der Waals surface area contributed by atoms with E-state index in [2.05, 4.69) is 5.32 Å². The van der Waals surface area contributed by atoms with E-state index in [1.54, 1.807) is 4.90 Å². The van der Waals surface area contributed by atoms with Gasteiger partial charge in [-0.1, -0.05) is 6.07 Å². The first-order valence-corrected chi connectivity index (χ1v) is 8.84. The van der Waals surface area contributed by atoms with Gasteiger partial charge in [-0.15, -0.1) is 0 Å². The summed E-state index contributed by atoms with van der Waals surface area (Å²) in [4.78, 5) is 28.5. The van der Waals surface area contributed by atoms with Gasteiger partial charge in [0.1, 0.15) is 0 Å². The molecule has 3 amide bonds. The highest BCUT2D eigenvalue weighted by atomic mass is 16.2. The van der Waals surface area contributed by atoms with Crippen molar-refractivity contribution in [2.24, 2.45) is 17.6 Å². The lowest BCUT2D eigenvalue weighted by atomic mass is 9.98. The van der Waals surface area contributed by atoms with Crippen molar-refractivity contribution in [3.8, 4) is 0 Å². The summed E-state index contributed by atoms with van der Waals surface area (Å²) in [6.45, 7) is 2.97. The van der Waals surface area contributed by atoms with Crippen LogP contribution in [0, 0.1) is 11.8 Å². The molecule has 3 atom stereocenters. The van der Waals surface area contributed by atoms with Crippen molar-refractivity contribution in [3.05, 3.63) is 29.8 Å². The minimum absolute atomic E-state index is 0.0517. The van der Waals surface area contributed by atoms with Crippen LogP contribution in [-0.4, -0.2) is 49.1 Å². The van der Waals surface area contributed by atoms with E-state index < -0.39 is 0 Å². The summed E-state index contributed by atoms with van der Waals surface area (Å²) < 4.78 is 0. The van der Waals surface area contributed by atoms with Gasteiger partial charge in [0.05, 0.1) is 0 Å². The number of hydrogen-bond donors (Lipinski definition) is 2. The van der Waals surface area contributed by atoms with Gasteiger partial charge in [0.2, 0.25) is 0 Å². The molecule has 1 saturated carbocycles. The summed E-state index contributed by atoms with van der Waals surface area (Å²) in [7, 11) is 0. The van der Waals surface area contributed by atoms with Crippen LogP contribution in [0.15, 0.2) is 24.3 Å². The largest absolute Gasteiger partial charge is 0.338 e. The number of urea groups is 1. The number of benzene rings is 1. The van der Waals surface area contributed by atoms with Gasteiger partial charge in [0, 0.05) is 43.5 Å². The van der Waals surface area contributed by atoms with E-state index >= 15 is 0 Å². The Morgan fingerprint density at radius 3 is 2.92 bits per heavy atom. The van der Waals surface area contributed by atoms with Gasteiger partial charge in [-0.25, -0.2) is 4.79 Å². The SMILES string of the molecule is NC1CCC2CN(C(=O)c3cccc(N4CCCNC4=O)c3)CC12. The van der Waals surface area contributed by atoms with E-state index in [0.717, 1.165) is 38.0 Å². The first-order chi connectivity index (χ1) is 11.6. The molecule has 3 fully saturated rings. The Hall–Kier alpha value is -2.08. The summed E-state index contributed by atoms with van der Waals surface area (Å²) in [6, 6.07) is 7.55. The molecule has 24 heavy (non-hydrogen) atoms. The molecule has 0 radical (unpaired) electrons. The molecule has 2 aliphatic heterocycles. The van der Waals surface area contributed by atoms with Gasteiger partial charge in [-0.3, -0.25) is 9.69 Å². The zero-order valence-electron chi connectivity index (χ0n) is 13.8. The van der Waals surface area contributed by atoms with Crippen LogP contribution in [0.25, 0.3) is 0 Å². The molecule has 1 aromatic rings. The Bertz CT molecular complexity index is 662. The van der Waals surface area contributed by atoms with Crippen LogP contribution in [0.3, 0.4) is 0 Å². The number of hydrogen-bond acceptors (Lipinski definition) is 3. The van der Waals surface area contributed by atoms with Crippen LogP contribution in [0.2, 0.25) is 0 Å². The molecule has 0 aromatic heterocycles. The second kappa shape index (κ2) is 6.09. The first-order valence-electron chi connectivity index (χ1n) is 8.84. The predicted octanol–water partition coefficient (Wildman–Crippen LogP) is 1.42. The minimum atomic E-state index is -0.0903. The third-order valence-corrected chi connectivity index (χ3v) is 5.68. The third kappa shape index (κ3) is 2.65. The monoisotopic (exact) mass is 328 g/mol. The molecule has 3 N–H and O–H groups in total. The fourth-order valence-electron chi connectivity index (χ4n) is 4.34. The number of amides is 3. The quantitative estimate of drug-likeness (QED) is 0.862. The van der Waals surface area contributed by atoms with Crippen molar-refractivity contribution in [2.45, 2.75) is 25.3 Å². The smallest absolute Gasteiger partial charge is 0.321 e. The lowest BCUT2D eigenvalue weighted by molar-refractivity contribution is 0.0779. The molecule has 0 spiro atoms. The zero-order chi connectivity index (χ0) is 16.7. The fourth-order valence-corrected chi connectivity index (χ4v) is 4.34. The molecular formula is C18H24N4O2. The molecule has 1 aromatic carbocycles. The van der Waals surface area contributed by atoms with Gasteiger partial charge in [-0.05, 0) is 49.3 Å². The molecule has 3 aliphatic rings. The highest BCUT2D eigenvalue weighted by molar-refractivity contribution is 5.98. The maximum absolute atomic E-state index is 12.9. The van der Waals surface area contributed by atoms with Gasteiger partial charge < -0.3 is 16.0 Å². The molecular weight excluding hydrogens is 304 g/mol. The van der Waals surface area contributed by atoms with E-state index in [-0.39, 0.29) is 18.0 Å². The summed E-state index contributed by atoms with van der Waals surface area (Å²) in [5.41, 5.74) is 7.61. The number of fused-ring (bicyclic) bond motifs is 1. The van der Waals surface area contributed by atoms with Crippen LogP contribution >= 0.6 is 0 Å². The van der Waals surface area contributed by atoms with Crippen LogP contribution < -0.4 is 16.0 Å². The lowest BCUT2D eigenvalue weighted by Gasteiger charge is -2.28. The Balaban J connectivity index is 1.51. The van der Waals surface area contributed by atoms with Crippen LogP contribution in [-0.2, 0) is 0 Å². The Morgan fingerprint density at radius 2 is 2.12 bits per heavy atom. The van der Waals surface area contributed by atoms with Gasteiger partial charge in [0.15, 0.2) is 0 Å². The van der Waals surface area contributed by atoms with Crippen molar-refractivity contribution in [3.63, 3.8) is 0 Å². The van der Waals surface area contributed by atoms with Crippen molar-refractivity contribution < 1.29 is 9.59 Å². The molecule has 128 valence electrons. The fraction of sp³-hybridized carbons (Fsp3) is 0.556. The van der Waals surface area contributed by atoms with Crippen LogP contribution in [0.5, 0.6) is 0 Å². The zero-order valence-corrected chi connectivity index (χ0v) is 13.8. The van der Waals surface area contributed by atoms with Crippen molar-refractivity contribution in [1.29, 1.82) is 0 Å². The number of carbonyl (C=O) groups excluding carboxylic acids is 2. The molecule has 2 saturated heterocycles. The Labute approximate surface area is 142 Å². The average Bonchev–Trinajstić information content (AvgIpc) is 3.17. The second-order valence-corrected chi connectivity index (χ2v) is 7.16. The maximum atomic E-state index is 12.9. The Morgan fingerprint density at radius 1 is 1.25 bits per heavy atom. The number of rotatable bonds is 2. The lowest BCUT2D eigenvalue weighted by Crippen LogP contribution is -2.46. The van der Waals surface area contributed by atoms with Crippen molar-refractivity contribution in [2.75, 3.05) is 31.1 Å². The van der Waals surface area contributed by atoms with Gasteiger partial charge in [0.25, 0.3) is 5.91 Å². The summed E-state index contributed by atoms with van der Waals surface area (Å²) >= 11 is 0. The van der Waals surface area contributed by atoms with Gasteiger partial charge in [-0.2, -0.15) is 0 Å². The second-order valence-electron chi connectivity index (χ2n) is 7.16. The summed E-state index contributed by atoms with van der Waals surface area (Å²) in [5, 5.41) is 2.84. The molecule has 3 unspecified atom stereocenters. The maximum Gasteiger partial charge on any atom is 0.321 e. The molecule has 1 aliphatic carbocycles. The number of carbonyl (C=O) groups is 2. The first kappa shape index (κ1) is 15.4. The van der Waals surface area contributed by atoms with E-state index in [1.165, 1.54) is 0 Å². The Kier molecular flexibility index (Phi) is 3.92. The molecule has 6 heteroatoms. The topological polar surface area (TPSA) is 78.7 Å². The number of likely N-dealkylation sites (tertiary alicyclic amines) is 1. The van der Waals surface area contributed by atoms with E-state index in [4.69, 9.17) is 5.73 Å². The highest BCUT2D eigenvalue weighted by Crippen LogP contribution is 2.37. The van der Waals surface area contributed by atoms with Gasteiger partial charge >= 0.3 is 6.03 Å². The number of anilines is 1. The minimum Gasteiger partial charge on any atom is -0.338 e. The van der Waals surface area contributed by atoms with Crippen molar-refractivity contribution in [1.82, 2.24) is 10.2 Å². The number of nitrogens with zero attached hydrogens (tertiary/aromatic N) is 2. The van der Waals surface area contributed by atoms with E-state index in [9.17, 15) is 9.59 Å². The number of nitrogens with two attached hydrogens (primary N) is 1. The van der Waals surface area contributed by atoms with E-state index in [1.807, 2.05) is 29.2 Å². The standard InChI is InChI=1S/C18H24N4O2/c19-16-6-5-13-10-21(11-15(13)16)17(23)12-3-1-4-14(9-12)22-8-2-7-20-18(22)24/h1,3-4,9,13,15-16H,2,5-8,10-11,19H2,(H,20,24). The number of nitrogens with one attached hydrogen (secondary N) is 1.